The van der Waals surface area contributed by atoms with Gasteiger partial charge in [-0.3, -0.25) is 4.99 Å². The standard InChI is InChI=1S/C13H21N/c1-6-10-13(4,5)12(7-2)9-11-14-8-3/h7-9,11H,2-3,6,10H2,1,4-5H3/b12-9+,14-11-. The molecule has 0 N–H and O–H groups in total. The van der Waals surface area contributed by atoms with Gasteiger partial charge in [0.25, 0.3) is 0 Å². The third-order valence-corrected chi connectivity index (χ3v) is 2.32. The normalized spacial score (nSPS) is 13.2. The first-order valence-electron chi connectivity index (χ1n) is 5.05. The van der Waals surface area contributed by atoms with Gasteiger partial charge in [0.15, 0.2) is 0 Å². The fraction of sp³-hybridized carbons (Fsp3) is 0.462. The molecule has 0 aliphatic carbocycles. The summed E-state index contributed by atoms with van der Waals surface area (Å²) in [6, 6.07) is 0. The Kier molecular flexibility index (Phi) is 5.86. The Morgan fingerprint density at radius 1 is 1.36 bits per heavy atom. The van der Waals surface area contributed by atoms with E-state index in [9.17, 15) is 0 Å². The SMILES string of the molecule is C=C/N=C\C=C(/C=C)C(C)(C)CCC. The Balaban J connectivity index is 4.68. The minimum atomic E-state index is 0.184. The van der Waals surface area contributed by atoms with Crippen LogP contribution in [0.4, 0.5) is 0 Å². The minimum Gasteiger partial charge on any atom is -0.265 e. The largest absolute Gasteiger partial charge is 0.265 e. The fourth-order valence-corrected chi connectivity index (χ4v) is 1.52. The molecule has 0 unspecified atom stereocenters. The zero-order valence-electron chi connectivity index (χ0n) is 9.59. The predicted molar refractivity (Wildman–Crippen MR) is 65.7 cm³/mol. The van der Waals surface area contributed by atoms with Crippen molar-refractivity contribution >= 4 is 6.21 Å². The maximum Gasteiger partial charge on any atom is 0.0270 e. The average Bonchev–Trinajstić information content (AvgIpc) is 2.12. The summed E-state index contributed by atoms with van der Waals surface area (Å²) < 4.78 is 0. The topological polar surface area (TPSA) is 12.4 Å². The van der Waals surface area contributed by atoms with Crippen LogP contribution in [-0.2, 0) is 0 Å². The van der Waals surface area contributed by atoms with Crippen LogP contribution in [0.5, 0.6) is 0 Å². The van der Waals surface area contributed by atoms with Crippen molar-refractivity contribution in [1.29, 1.82) is 0 Å². The van der Waals surface area contributed by atoms with Gasteiger partial charge in [-0.1, -0.05) is 46.4 Å². The van der Waals surface area contributed by atoms with Crippen LogP contribution in [0.2, 0.25) is 0 Å². The third-order valence-electron chi connectivity index (χ3n) is 2.32. The Hall–Kier alpha value is -1.11. The van der Waals surface area contributed by atoms with Gasteiger partial charge in [0.2, 0.25) is 0 Å². The molecule has 0 aliphatic heterocycles. The molecule has 0 rings (SSSR count). The maximum atomic E-state index is 3.95. The number of nitrogens with zero attached hydrogens (tertiary/aromatic N) is 1. The molecule has 0 radical (unpaired) electrons. The smallest absolute Gasteiger partial charge is 0.0270 e. The summed E-state index contributed by atoms with van der Waals surface area (Å²) in [5.41, 5.74) is 1.41. The second kappa shape index (κ2) is 6.36. The molecule has 0 aromatic rings. The molecule has 0 aromatic carbocycles. The molecule has 0 saturated heterocycles. The monoisotopic (exact) mass is 191 g/mol. The van der Waals surface area contributed by atoms with E-state index in [0.717, 1.165) is 6.42 Å². The molecule has 1 heteroatoms. The quantitative estimate of drug-likeness (QED) is 0.442. The molecule has 0 fully saturated rings. The van der Waals surface area contributed by atoms with Gasteiger partial charge in [-0.15, -0.1) is 0 Å². The number of hydrogen-bond donors (Lipinski definition) is 0. The van der Waals surface area contributed by atoms with Crippen LogP contribution < -0.4 is 0 Å². The molecule has 0 aromatic heterocycles. The lowest BCUT2D eigenvalue weighted by Crippen LogP contribution is -2.13. The van der Waals surface area contributed by atoms with Crippen molar-refractivity contribution in [3.05, 3.63) is 37.1 Å². The number of hydrogen-bond acceptors (Lipinski definition) is 1. The lowest BCUT2D eigenvalue weighted by molar-refractivity contribution is 0.412. The van der Waals surface area contributed by atoms with E-state index in [1.54, 1.807) is 6.21 Å². The summed E-state index contributed by atoms with van der Waals surface area (Å²) in [5, 5.41) is 0. The van der Waals surface area contributed by atoms with Crippen LogP contribution >= 0.6 is 0 Å². The van der Waals surface area contributed by atoms with Gasteiger partial charge >= 0.3 is 0 Å². The highest BCUT2D eigenvalue weighted by atomic mass is 14.6. The zero-order chi connectivity index (χ0) is 11.0. The van der Waals surface area contributed by atoms with Crippen LogP contribution in [0, 0.1) is 5.41 Å². The maximum absolute atomic E-state index is 3.95. The molecule has 0 amide bonds. The van der Waals surface area contributed by atoms with Crippen LogP contribution in [0.1, 0.15) is 33.6 Å². The van der Waals surface area contributed by atoms with E-state index in [2.05, 4.69) is 38.9 Å². The second-order valence-electron chi connectivity index (χ2n) is 3.94. The number of aliphatic imine (C=N–C) groups is 1. The van der Waals surface area contributed by atoms with Gasteiger partial charge in [0.05, 0.1) is 0 Å². The molecular weight excluding hydrogens is 170 g/mol. The first kappa shape index (κ1) is 12.9. The Labute approximate surface area is 87.9 Å². The summed E-state index contributed by atoms with van der Waals surface area (Å²) in [5.74, 6) is 0. The number of allylic oxidation sites excluding steroid dienone is 3. The van der Waals surface area contributed by atoms with Crippen molar-refractivity contribution < 1.29 is 0 Å². The van der Waals surface area contributed by atoms with E-state index < -0.39 is 0 Å². The Morgan fingerprint density at radius 2 is 2.00 bits per heavy atom. The molecule has 78 valence electrons. The van der Waals surface area contributed by atoms with Crippen LogP contribution in [0.3, 0.4) is 0 Å². The van der Waals surface area contributed by atoms with Gasteiger partial charge in [-0.2, -0.15) is 0 Å². The van der Waals surface area contributed by atoms with Crippen molar-refractivity contribution in [2.45, 2.75) is 33.6 Å². The van der Waals surface area contributed by atoms with E-state index in [1.165, 1.54) is 18.2 Å². The van der Waals surface area contributed by atoms with E-state index in [-0.39, 0.29) is 5.41 Å². The summed E-state index contributed by atoms with van der Waals surface area (Å²) in [4.78, 5) is 3.95. The molecule has 0 atom stereocenters. The van der Waals surface area contributed by atoms with Crippen LogP contribution in [0.25, 0.3) is 0 Å². The summed E-state index contributed by atoms with van der Waals surface area (Å²) in [6.07, 6.45) is 9.55. The lowest BCUT2D eigenvalue weighted by atomic mass is 9.80. The minimum absolute atomic E-state index is 0.184. The van der Waals surface area contributed by atoms with Crippen molar-refractivity contribution in [2.75, 3.05) is 0 Å². The summed E-state index contributed by atoms with van der Waals surface area (Å²) in [7, 11) is 0. The molecule has 0 spiro atoms. The molecular formula is C13H21N. The molecule has 14 heavy (non-hydrogen) atoms. The molecule has 0 aliphatic rings. The molecule has 0 heterocycles. The lowest BCUT2D eigenvalue weighted by Gasteiger charge is -2.25. The van der Waals surface area contributed by atoms with Gasteiger partial charge in [0.1, 0.15) is 0 Å². The van der Waals surface area contributed by atoms with Crippen molar-refractivity contribution in [3.8, 4) is 0 Å². The first-order chi connectivity index (χ1) is 6.58. The van der Waals surface area contributed by atoms with E-state index in [4.69, 9.17) is 0 Å². The van der Waals surface area contributed by atoms with Gasteiger partial charge < -0.3 is 0 Å². The van der Waals surface area contributed by atoms with Crippen LogP contribution in [-0.4, -0.2) is 6.21 Å². The molecule has 0 saturated carbocycles. The van der Waals surface area contributed by atoms with E-state index in [1.807, 2.05) is 12.2 Å². The zero-order valence-corrected chi connectivity index (χ0v) is 9.59. The molecule has 1 nitrogen and oxygen atoms in total. The Bertz CT molecular complexity index is 244. The molecule has 0 bridgehead atoms. The van der Waals surface area contributed by atoms with Crippen LogP contribution in [0.15, 0.2) is 42.1 Å². The average molecular weight is 191 g/mol. The highest BCUT2D eigenvalue weighted by Crippen LogP contribution is 2.31. The number of rotatable bonds is 6. The highest BCUT2D eigenvalue weighted by molar-refractivity contribution is 5.73. The van der Waals surface area contributed by atoms with Gasteiger partial charge in [-0.05, 0) is 23.5 Å². The van der Waals surface area contributed by atoms with E-state index in [0.29, 0.717) is 0 Å². The van der Waals surface area contributed by atoms with Gasteiger partial charge in [0, 0.05) is 12.4 Å². The second-order valence-corrected chi connectivity index (χ2v) is 3.94. The Morgan fingerprint density at radius 3 is 2.43 bits per heavy atom. The van der Waals surface area contributed by atoms with Crippen molar-refractivity contribution in [3.63, 3.8) is 0 Å². The van der Waals surface area contributed by atoms with E-state index >= 15 is 0 Å². The third kappa shape index (κ3) is 4.22. The predicted octanol–water partition coefficient (Wildman–Crippen LogP) is 4.14. The first-order valence-corrected chi connectivity index (χ1v) is 5.05. The highest BCUT2D eigenvalue weighted by Gasteiger charge is 2.19. The fourth-order valence-electron chi connectivity index (χ4n) is 1.52. The van der Waals surface area contributed by atoms with Crippen molar-refractivity contribution in [1.82, 2.24) is 0 Å². The summed E-state index contributed by atoms with van der Waals surface area (Å²) >= 11 is 0. The van der Waals surface area contributed by atoms with Gasteiger partial charge in [-0.25, -0.2) is 0 Å². The summed E-state index contributed by atoms with van der Waals surface area (Å²) in [6.45, 7) is 14.0. The van der Waals surface area contributed by atoms with Crippen molar-refractivity contribution in [2.24, 2.45) is 10.4 Å².